The average molecular weight is 448 g/mol. The molecular weight excluding hydrogens is 430 g/mol. The molecule has 3 aromatic carbocycles. The Morgan fingerprint density at radius 2 is 1.66 bits per heavy atom. The summed E-state index contributed by atoms with van der Waals surface area (Å²) in [5, 5.41) is 9.85. The predicted molar refractivity (Wildman–Crippen MR) is 122 cm³/mol. The lowest BCUT2D eigenvalue weighted by Crippen LogP contribution is -2.20. The molecule has 0 atom stereocenters. The van der Waals surface area contributed by atoms with Gasteiger partial charge < -0.3 is 19.9 Å². The lowest BCUT2D eigenvalue weighted by Gasteiger charge is -2.09. The number of ether oxygens (including phenoxy) is 1. The van der Waals surface area contributed by atoms with Crippen LogP contribution in [-0.4, -0.2) is 23.6 Å². The van der Waals surface area contributed by atoms with E-state index in [1.165, 1.54) is 6.07 Å². The van der Waals surface area contributed by atoms with Crippen LogP contribution in [0.1, 0.15) is 10.5 Å². The quantitative estimate of drug-likeness (QED) is 0.403. The zero-order chi connectivity index (χ0) is 22.3. The van der Waals surface area contributed by atoms with Crippen molar-refractivity contribution in [3.8, 4) is 17.1 Å². The van der Waals surface area contributed by atoms with Gasteiger partial charge in [-0.05, 0) is 36.4 Å². The number of hydrogen-bond donors (Lipinski definition) is 2. The number of aromatic nitrogens is 1. The first-order valence-electron chi connectivity index (χ1n) is 9.68. The first-order valence-corrected chi connectivity index (χ1v) is 10.1. The van der Waals surface area contributed by atoms with Crippen molar-refractivity contribution in [3.63, 3.8) is 0 Å². The van der Waals surface area contributed by atoms with Gasteiger partial charge in [0.1, 0.15) is 5.75 Å². The number of halogens is 1. The second kappa shape index (κ2) is 9.80. The van der Waals surface area contributed by atoms with E-state index in [2.05, 4.69) is 15.8 Å². The second-order valence-electron chi connectivity index (χ2n) is 6.77. The summed E-state index contributed by atoms with van der Waals surface area (Å²) >= 11 is 5.99. The molecule has 160 valence electrons. The highest BCUT2D eigenvalue weighted by Crippen LogP contribution is 2.24. The molecule has 7 nitrogen and oxygen atoms in total. The van der Waals surface area contributed by atoms with E-state index >= 15 is 0 Å². The van der Waals surface area contributed by atoms with E-state index in [0.717, 1.165) is 0 Å². The third-order valence-electron chi connectivity index (χ3n) is 4.37. The summed E-state index contributed by atoms with van der Waals surface area (Å²) in [7, 11) is 0. The van der Waals surface area contributed by atoms with Crippen molar-refractivity contribution in [1.29, 1.82) is 0 Å². The van der Waals surface area contributed by atoms with Crippen LogP contribution in [-0.2, 0) is 4.79 Å². The Morgan fingerprint density at radius 1 is 0.875 bits per heavy atom. The zero-order valence-corrected chi connectivity index (χ0v) is 17.5. The Labute approximate surface area is 189 Å². The molecule has 0 saturated heterocycles. The van der Waals surface area contributed by atoms with Crippen molar-refractivity contribution < 1.29 is 18.8 Å². The summed E-state index contributed by atoms with van der Waals surface area (Å²) in [5.74, 6) is 0.132. The smallest absolute Gasteiger partial charge is 0.277 e. The number of rotatable bonds is 7. The number of para-hydroxylation sites is 1. The number of carbonyl (C=O) groups is 2. The fourth-order valence-corrected chi connectivity index (χ4v) is 3.08. The maximum atomic E-state index is 12.5. The normalized spacial score (nSPS) is 10.4. The van der Waals surface area contributed by atoms with E-state index in [-0.39, 0.29) is 18.2 Å². The predicted octanol–water partition coefficient (Wildman–Crippen LogP) is 5.26. The topological polar surface area (TPSA) is 93.5 Å². The summed E-state index contributed by atoms with van der Waals surface area (Å²) in [4.78, 5) is 24.6. The van der Waals surface area contributed by atoms with Gasteiger partial charge in [-0.2, -0.15) is 0 Å². The fourth-order valence-electron chi connectivity index (χ4n) is 2.89. The molecule has 8 heteroatoms. The summed E-state index contributed by atoms with van der Waals surface area (Å²) < 4.78 is 10.8. The first-order chi connectivity index (χ1) is 15.6. The first kappa shape index (κ1) is 21.1. The Kier molecular flexibility index (Phi) is 6.48. The molecule has 2 amide bonds. The van der Waals surface area contributed by atoms with Crippen LogP contribution in [0.2, 0.25) is 5.02 Å². The third kappa shape index (κ3) is 5.53. The van der Waals surface area contributed by atoms with Gasteiger partial charge in [0.05, 0.1) is 0 Å². The van der Waals surface area contributed by atoms with Crippen molar-refractivity contribution in [3.05, 3.63) is 95.6 Å². The van der Waals surface area contributed by atoms with Gasteiger partial charge >= 0.3 is 0 Å². The lowest BCUT2D eigenvalue weighted by molar-refractivity contribution is -0.118. The highest BCUT2D eigenvalue weighted by molar-refractivity contribution is 6.30. The maximum Gasteiger partial charge on any atom is 0.277 e. The number of benzene rings is 3. The van der Waals surface area contributed by atoms with E-state index in [9.17, 15) is 9.59 Å². The molecule has 2 N–H and O–H groups in total. The van der Waals surface area contributed by atoms with Crippen LogP contribution in [0, 0.1) is 0 Å². The van der Waals surface area contributed by atoms with E-state index in [1.807, 2.05) is 24.3 Å². The Balaban J connectivity index is 1.35. The molecule has 0 aliphatic rings. The van der Waals surface area contributed by atoms with Crippen molar-refractivity contribution in [2.75, 3.05) is 17.2 Å². The van der Waals surface area contributed by atoms with Gasteiger partial charge in [0, 0.05) is 34.1 Å². The van der Waals surface area contributed by atoms with Gasteiger partial charge in [-0.15, -0.1) is 0 Å². The molecule has 0 saturated carbocycles. The Bertz CT molecular complexity index is 1240. The molecule has 0 aliphatic heterocycles. The highest BCUT2D eigenvalue weighted by Gasteiger charge is 2.14. The van der Waals surface area contributed by atoms with Gasteiger partial charge in [0.15, 0.2) is 18.1 Å². The van der Waals surface area contributed by atoms with Crippen LogP contribution >= 0.6 is 11.6 Å². The monoisotopic (exact) mass is 447 g/mol. The standard InChI is InChI=1S/C24H18ClN3O4/c25-17-7-4-6-16(12-17)22-14-21(28-32-22)24(30)27-19-10-5-11-20(13-19)31-15-23(29)26-18-8-2-1-3-9-18/h1-14H,15H2,(H,26,29)(H,27,30). The van der Waals surface area contributed by atoms with Gasteiger partial charge in [0.25, 0.3) is 11.8 Å². The number of anilines is 2. The van der Waals surface area contributed by atoms with Gasteiger partial charge in [-0.25, -0.2) is 0 Å². The van der Waals surface area contributed by atoms with Crippen molar-refractivity contribution >= 4 is 34.8 Å². The minimum atomic E-state index is -0.444. The number of amides is 2. The minimum absolute atomic E-state index is 0.119. The second-order valence-corrected chi connectivity index (χ2v) is 7.21. The largest absolute Gasteiger partial charge is 0.484 e. The zero-order valence-electron chi connectivity index (χ0n) is 16.7. The number of carbonyl (C=O) groups excluding carboxylic acids is 2. The van der Waals surface area contributed by atoms with Crippen LogP contribution in [0.5, 0.6) is 5.75 Å². The van der Waals surface area contributed by atoms with Crippen LogP contribution in [0.25, 0.3) is 11.3 Å². The summed E-state index contributed by atoms with van der Waals surface area (Å²) in [6.45, 7) is -0.168. The van der Waals surface area contributed by atoms with Crippen LogP contribution in [0.4, 0.5) is 11.4 Å². The molecule has 4 aromatic rings. The number of nitrogens with one attached hydrogen (secondary N) is 2. The SMILES string of the molecule is O=C(COc1cccc(NC(=O)c2cc(-c3cccc(Cl)c3)on2)c1)Nc1ccccc1. The van der Waals surface area contributed by atoms with Gasteiger partial charge in [0.2, 0.25) is 0 Å². The molecule has 0 radical (unpaired) electrons. The number of hydrogen-bond acceptors (Lipinski definition) is 5. The van der Waals surface area contributed by atoms with Crippen molar-refractivity contribution in [1.82, 2.24) is 5.16 Å². The molecule has 0 bridgehead atoms. The molecule has 0 fully saturated rings. The highest BCUT2D eigenvalue weighted by atomic mass is 35.5. The van der Waals surface area contributed by atoms with Crippen LogP contribution < -0.4 is 15.4 Å². The molecular formula is C24H18ClN3O4. The van der Waals surface area contributed by atoms with Gasteiger partial charge in [-0.3, -0.25) is 9.59 Å². The van der Waals surface area contributed by atoms with Crippen molar-refractivity contribution in [2.45, 2.75) is 0 Å². The van der Waals surface area contributed by atoms with Crippen molar-refractivity contribution in [2.24, 2.45) is 0 Å². The Morgan fingerprint density at radius 3 is 2.47 bits per heavy atom. The Hall–Kier alpha value is -4.10. The summed E-state index contributed by atoms with van der Waals surface area (Å²) in [5.41, 5.74) is 2.01. The molecule has 0 unspecified atom stereocenters. The van der Waals surface area contributed by atoms with Gasteiger partial charge in [-0.1, -0.05) is 53.2 Å². The minimum Gasteiger partial charge on any atom is -0.484 e. The average Bonchev–Trinajstić information content (AvgIpc) is 3.29. The van der Waals surface area contributed by atoms with Crippen LogP contribution in [0.15, 0.2) is 89.5 Å². The van der Waals surface area contributed by atoms with E-state index in [0.29, 0.717) is 33.5 Å². The molecule has 0 aliphatic carbocycles. The third-order valence-corrected chi connectivity index (χ3v) is 4.61. The molecule has 4 rings (SSSR count). The molecule has 1 aromatic heterocycles. The molecule has 0 spiro atoms. The summed E-state index contributed by atoms with van der Waals surface area (Å²) in [6, 6.07) is 24.4. The maximum absolute atomic E-state index is 12.5. The fraction of sp³-hybridized carbons (Fsp3) is 0.0417. The lowest BCUT2D eigenvalue weighted by atomic mass is 10.1. The van der Waals surface area contributed by atoms with E-state index in [4.69, 9.17) is 20.9 Å². The molecule has 32 heavy (non-hydrogen) atoms. The van der Waals surface area contributed by atoms with Crippen LogP contribution in [0.3, 0.4) is 0 Å². The summed E-state index contributed by atoms with van der Waals surface area (Å²) in [6.07, 6.45) is 0. The number of nitrogens with zero attached hydrogens (tertiary/aromatic N) is 1. The van der Waals surface area contributed by atoms with E-state index < -0.39 is 5.91 Å². The molecule has 1 heterocycles. The van der Waals surface area contributed by atoms with E-state index in [1.54, 1.807) is 54.6 Å².